The molecule has 0 heterocycles. The third-order valence-electron chi connectivity index (χ3n) is 3.21. The van der Waals surface area contributed by atoms with Gasteiger partial charge in [-0.05, 0) is 30.2 Å². The summed E-state index contributed by atoms with van der Waals surface area (Å²) in [5, 5.41) is 0. The molecule has 20 heavy (non-hydrogen) atoms. The summed E-state index contributed by atoms with van der Waals surface area (Å²) in [7, 11) is 3.24. The zero-order valence-corrected chi connectivity index (χ0v) is 11.8. The van der Waals surface area contributed by atoms with Crippen LogP contribution in [0.4, 0.5) is 0 Å². The maximum absolute atomic E-state index is 12.2. The predicted molar refractivity (Wildman–Crippen MR) is 78.6 cm³/mol. The van der Waals surface area contributed by atoms with Crippen LogP contribution in [-0.4, -0.2) is 20.0 Å². The molecular formula is C17H18O3. The minimum Gasteiger partial charge on any atom is -0.497 e. The van der Waals surface area contributed by atoms with E-state index in [0.717, 1.165) is 11.3 Å². The van der Waals surface area contributed by atoms with Gasteiger partial charge in [0.05, 0.1) is 14.2 Å². The van der Waals surface area contributed by atoms with Crippen molar-refractivity contribution in [2.75, 3.05) is 14.2 Å². The molecule has 3 heteroatoms. The van der Waals surface area contributed by atoms with Crippen LogP contribution in [0.25, 0.3) is 0 Å². The maximum atomic E-state index is 12.2. The molecule has 0 saturated carbocycles. The molecule has 0 aliphatic rings. The molecule has 2 aromatic carbocycles. The van der Waals surface area contributed by atoms with Gasteiger partial charge in [-0.3, -0.25) is 4.79 Å². The lowest BCUT2D eigenvalue weighted by Crippen LogP contribution is -2.02. The molecule has 0 spiro atoms. The van der Waals surface area contributed by atoms with E-state index in [1.165, 1.54) is 0 Å². The van der Waals surface area contributed by atoms with E-state index in [0.29, 0.717) is 24.2 Å². The van der Waals surface area contributed by atoms with E-state index < -0.39 is 0 Å². The number of para-hydroxylation sites is 1. The quantitative estimate of drug-likeness (QED) is 0.753. The Kier molecular flexibility index (Phi) is 4.77. The number of methoxy groups -OCH3 is 2. The van der Waals surface area contributed by atoms with Gasteiger partial charge in [0.2, 0.25) is 0 Å². The summed E-state index contributed by atoms with van der Waals surface area (Å²) in [6.07, 6.45) is 1.12. The van der Waals surface area contributed by atoms with E-state index in [9.17, 15) is 4.79 Å². The second kappa shape index (κ2) is 6.75. The molecule has 0 N–H and O–H groups in total. The molecule has 0 atom stereocenters. The molecule has 0 aromatic heterocycles. The number of rotatable bonds is 6. The summed E-state index contributed by atoms with van der Waals surface area (Å²) in [5.41, 5.74) is 1.73. The van der Waals surface area contributed by atoms with Crippen molar-refractivity contribution in [3.8, 4) is 11.5 Å². The van der Waals surface area contributed by atoms with Crippen molar-refractivity contribution in [1.82, 2.24) is 0 Å². The zero-order valence-electron chi connectivity index (χ0n) is 11.8. The van der Waals surface area contributed by atoms with Crippen LogP contribution in [-0.2, 0) is 6.42 Å². The Labute approximate surface area is 119 Å². The fourth-order valence-corrected chi connectivity index (χ4v) is 2.10. The molecule has 0 amide bonds. The molecule has 0 saturated heterocycles. The number of carbonyl (C=O) groups is 1. The van der Waals surface area contributed by atoms with E-state index in [2.05, 4.69) is 0 Å². The van der Waals surface area contributed by atoms with Crippen molar-refractivity contribution in [2.24, 2.45) is 0 Å². The maximum Gasteiger partial charge on any atom is 0.163 e. The van der Waals surface area contributed by atoms with Crippen molar-refractivity contribution in [1.29, 1.82) is 0 Å². The first-order chi connectivity index (χ1) is 9.74. The van der Waals surface area contributed by atoms with Crippen molar-refractivity contribution in [2.45, 2.75) is 12.8 Å². The number of hydrogen-bond acceptors (Lipinski definition) is 3. The molecular weight excluding hydrogens is 252 g/mol. The van der Waals surface area contributed by atoms with E-state index in [-0.39, 0.29) is 5.78 Å². The molecule has 0 aliphatic carbocycles. The number of hydrogen-bond donors (Lipinski definition) is 0. The van der Waals surface area contributed by atoms with Gasteiger partial charge in [0.15, 0.2) is 5.78 Å². The summed E-state index contributed by atoms with van der Waals surface area (Å²) in [4.78, 5) is 12.2. The molecule has 0 bridgehead atoms. The highest BCUT2D eigenvalue weighted by molar-refractivity contribution is 5.96. The number of ketones is 1. The monoisotopic (exact) mass is 270 g/mol. The average Bonchev–Trinajstić information content (AvgIpc) is 2.52. The number of ether oxygens (including phenoxy) is 2. The summed E-state index contributed by atoms with van der Waals surface area (Å²) >= 11 is 0. The largest absolute Gasteiger partial charge is 0.497 e. The molecule has 2 rings (SSSR count). The fourth-order valence-electron chi connectivity index (χ4n) is 2.10. The Hall–Kier alpha value is -2.29. The van der Waals surface area contributed by atoms with Crippen LogP contribution in [0.2, 0.25) is 0 Å². The Morgan fingerprint density at radius 1 is 1.00 bits per heavy atom. The first-order valence-corrected chi connectivity index (χ1v) is 6.53. The molecule has 0 unspecified atom stereocenters. The van der Waals surface area contributed by atoms with Crippen LogP contribution < -0.4 is 9.47 Å². The number of Topliss-reactive ketones (excluding diaryl/α,β-unsaturated/α-hetero) is 1. The SMILES string of the molecule is COc1cccc(C(=O)CCc2ccccc2OC)c1. The van der Waals surface area contributed by atoms with Gasteiger partial charge in [0.25, 0.3) is 0 Å². The lowest BCUT2D eigenvalue weighted by molar-refractivity contribution is 0.0982. The summed E-state index contributed by atoms with van der Waals surface area (Å²) < 4.78 is 10.4. The third-order valence-corrected chi connectivity index (χ3v) is 3.21. The Balaban J connectivity index is 2.04. The molecule has 104 valence electrons. The van der Waals surface area contributed by atoms with Crippen LogP contribution in [0, 0.1) is 0 Å². The minimum atomic E-state index is 0.106. The van der Waals surface area contributed by atoms with Gasteiger partial charge in [-0.25, -0.2) is 0 Å². The molecule has 0 radical (unpaired) electrons. The third kappa shape index (κ3) is 3.38. The smallest absolute Gasteiger partial charge is 0.163 e. The van der Waals surface area contributed by atoms with E-state index >= 15 is 0 Å². The van der Waals surface area contributed by atoms with Crippen LogP contribution in [0.15, 0.2) is 48.5 Å². The first-order valence-electron chi connectivity index (χ1n) is 6.53. The van der Waals surface area contributed by atoms with Crippen LogP contribution in [0.3, 0.4) is 0 Å². The van der Waals surface area contributed by atoms with Gasteiger partial charge in [0.1, 0.15) is 11.5 Å². The highest BCUT2D eigenvalue weighted by Crippen LogP contribution is 2.20. The van der Waals surface area contributed by atoms with E-state index in [4.69, 9.17) is 9.47 Å². The predicted octanol–water partition coefficient (Wildman–Crippen LogP) is 3.52. The van der Waals surface area contributed by atoms with E-state index in [1.807, 2.05) is 42.5 Å². The Morgan fingerprint density at radius 2 is 1.80 bits per heavy atom. The van der Waals surface area contributed by atoms with Crippen LogP contribution in [0.5, 0.6) is 11.5 Å². The van der Waals surface area contributed by atoms with Crippen molar-refractivity contribution in [3.63, 3.8) is 0 Å². The minimum absolute atomic E-state index is 0.106. The Morgan fingerprint density at radius 3 is 2.55 bits per heavy atom. The topological polar surface area (TPSA) is 35.5 Å². The normalized spacial score (nSPS) is 10.1. The Bertz CT molecular complexity index is 590. The van der Waals surface area contributed by atoms with Crippen molar-refractivity contribution < 1.29 is 14.3 Å². The standard InChI is InChI=1S/C17H18O3/c1-19-15-8-5-7-14(12-15)16(18)11-10-13-6-3-4-9-17(13)20-2/h3-9,12H,10-11H2,1-2H3. The first kappa shape index (κ1) is 14.1. The molecule has 0 fully saturated rings. The van der Waals surface area contributed by atoms with Crippen LogP contribution >= 0.6 is 0 Å². The van der Waals surface area contributed by atoms with Crippen molar-refractivity contribution >= 4 is 5.78 Å². The second-order valence-electron chi connectivity index (χ2n) is 4.47. The van der Waals surface area contributed by atoms with Gasteiger partial charge in [-0.15, -0.1) is 0 Å². The van der Waals surface area contributed by atoms with Crippen LogP contribution in [0.1, 0.15) is 22.3 Å². The highest BCUT2D eigenvalue weighted by Gasteiger charge is 2.09. The molecule has 0 aliphatic heterocycles. The lowest BCUT2D eigenvalue weighted by Gasteiger charge is -2.08. The summed E-state index contributed by atoms with van der Waals surface area (Å²) in [5.74, 6) is 1.63. The van der Waals surface area contributed by atoms with Crippen molar-refractivity contribution in [3.05, 3.63) is 59.7 Å². The van der Waals surface area contributed by atoms with Gasteiger partial charge in [0, 0.05) is 12.0 Å². The zero-order chi connectivity index (χ0) is 14.4. The van der Waals surface area contributed by atoms with Gasteiger partial charge >= 0.3 is 0 Å². The number of carbonyl (C=O) groups excluding carboxylic acids is 1. The average molecular weight is 270 g/mol. The summed E-state index contributed by atoms with van der Waals surface area (Å²) in [6, 6.07) is 15.0. The molecule has 3 nitrogen and oxygen atoms in total. The summed E-state index contributed by atoms with van der Waals surface area (Å²) in [6.45, 7) is 0. The van der Waals surface area contributed by atoms with E-state index in [1.54, 1.807) is 20.3 Å². The highest BCUT2D eigenvalue weighted by atomic mass is 16.5. The second-order valence-corrected chi connectivity index (χ2v) is 4.47. The van der Waals surface area contributed by atoms with Gasteiger partial charge < -0.3 is 9.47 Å². The molecule has 2 aromatic rings. The number of aryl methyl sites for hydroxylation is 1. The number of benzene rings is 2. The fraction of sp³-hybridized carbons (Fsp3) is 0.235. The van der Waals surface area contributed by atoms with Gasteiger partial charge in [-0.1, -0.05) is 30.3 Å². The van der Waals surface area contributed by atoms with Gasteiger partial charge in [-0.2, -0.15) is 0 Å². The lowest BCUT2D eigenvalue weighted by atomic mass is 10.0.